The molecule has 9 heteroatoms. The number of anilines is 2. The maximum Gasteiger partial charge on any atom is 0.340 e. The Bertz CT molecular complexity index is 1080. The van der Waals surface area contributed by atoms with Gasteiger partial charge >= 0.3 is 11.9 Å². The van der Waals surface area contributed by atoms with Crippen molar-refractivity contribution >= 4 is 51.8 Å². The lowest BCUT2D eigenvalue weighted by atomic mass is 10.1. The Morgan fingerprint density at radius 3 is 2.48 bits per heavy atom. The van der Waals surface area contributed by atoms with Gasteiger partial charge in [-0.15, -0.1) is 11.3 Å². The molecule has 160 valence electrons. The first-order chi connectivity index (χ1) is 15.0. The summed E-state index contributed by atoms with van der Waals surface area (Å²) in [6, 6.07) is 17.9. The molecule has 2 N–H and O–H groups in total. The van der Waals surface area contributed by atoms with E-state index in [9.17, 15) is 14.4 Å². The predicted octanol–water partition coefficient (Wildman–Crippen LogP) is 4.69. The van der Waals surface area contributed by atoms with Crippen molar-refractivity contribution in [3.05, 3.63) is 71.8 Å². The SMILES string of the molecule is COC(=O)c1cc(-c2ccccc2)sc1NC(=O)COC(=O)c1cccc(NSC)c1. The second-order valence-electron chi connectivity index (χ2n) is 6.22. The van der Waals surface area contributed by atoms with Crippen LogP contribution in [0.3, 0.4) is 0 Å². The zero-order chi connectivity index (χ0) is 22.2. The van der Waals surface area contributed by atoms with E-state index in [1.165, 1.54) is 30.4 Å². The number of hydrogen-bond donors (Lipinski definition) is 2. The summed E-state index contributed by atoms with van der Waals surface area (Å²) in [7, 11) is 1.27. The van der Waals surface area contributed by atoms with Crippen LogP contribution in [0.2, 0.25) is 0 Å². The van der Waals surface area contributed by atoms with Gasteiger partial charge in [0.1, 0.15) is 5.00 Å². The van der Waals surface area contributed by atoms with Crippen molar-refractivity contribution in [2.75, 3.05) is 30.0 Å². The molecule has 0 aliphatic carbocycles. The van der Waals surface area contributed by atoms with Crippen molar-refractivity contribution < 1.29 is 23.9 Å². The van der Waals surface area contributed by atoms with Crippen molar-refractivity contribution in [1.29, 1.82) is 0 Å². The van der Waals surface area contributed by atoms with Crippen LogP contribution in [-0.4, -0.2) is 37.8 Å². The Morgan fingerprint density at radius 1 is 1.00 bits per heavy atom. The number of amides is 1. The van der Waals surface area contributed by atoms with Gasteiger partial charge in [0.2, 0.25) is 0 Å². The van der Waals surface area contributed by atoms with Gasteiger partial charge in [-0.05, 0) is 29.8 Å². The minimum Gasteiger partial charge on any atom is -0.465 e. The normalized spacial score (nSPS) is 10.3. The van der Waals surface area contributed by atoms with Gasteiger partial charge in [0.25, 0.3) is 5.91 Å². The van der Waals surface area contributed by atoms with Crippen LogP contribution in [0.15, 0.2) is 60.7 Å². The van der Waals surface area contributed by atoms with Crippen LogP contribution in [0.1, 0.15) is 20.7 Å². The van der Waals surface area contributed by atoms with Crippen LogP contribution in [0, 0.1) is 0 Å². The lowest BCUT2D eigenvalue weighted by Gasteiger charge is -2.08. The average molecular weight is 457 g/mol. The number of methoxy groups -OCH3 is 1. The largest absolute Gasteiger partial charge is 0.465 e. The molecule has 1 heterocycles. The van der Waals surface area contributed by atoms with Crippen LogP contribution in [0.5, 0.6) is 0 Å². The third-order valence-electron chi connectivity index (χ3n) is 4.10. The third-order valence-corrected chi connectivity index (χ3v) is 5.64. The summed E-state index contributed by atoms with van der Waals surface area (Å²) in [5.74, 6) is -1.74. The van der Waals surface area contributed by atoms with Gasteiger partial charge < -0.3 is 19.5 Å². The molecule has 0 unspecified atom stereocenters. The molecule has 0 fully saturated rings. The number of nitrogens with one attached hydrogen (secondary N) is 2. The van der Waals surface area contributed by atoms with E-state index in [1.807, 2.05) is 42.7 Å². The highest BCUT2D eigenvalue weighted by atomic mass is 32.2. The summed E-state index contributed by atoms with van der Waals surface area (Å²) >= 11 is 2.64. The van der Waals surface area contributed by atoms with E-state index in [2.05, 4.69) is 10.0 Å². The van der Waals surface area contributed by atoms with E-state index in [1.54, 1.807) is 24.3 Å². The highest BCUT2D eigenvalue weighted by Crippen LogP contribution is 2.35. The van der Waals surface area contributed by atoms with Gasteiger partial charge in [0.05, 0.1) is 18.2 Å². The molecule has 0 saturated heterocycles. The lowest BCUT2D eigenvalue weighted by molar-refractivity contribution is -0.119. The zero-order valence-corrected chi connectivity index (χ0v) is 18.5. The van der Waals surface area contributed by atoms with Crippen molar-refractivity contribution in [3.8, 4) is 10.4 Å². The first kappa shape index (κ1) is 22.4. The third kappa shape index (κ3) is 5.87. The molecule has 0 aliphatic heterocycles. The molecule has 0 saturated carbocycles. The fourth-order valence-corrected chi connectivity index (χ4v) is 4.13. The summed E-state index contributed by atoms with van der Waals surface area (Å²) in [6.45, 7) is -0.488. The van der Waals surface area contributed by atoms with E-state index in [4.69, 9.17) is 9.47 Å². The number of hydrogen-bond acceptors (Lipinski definition) is 8. The minimum absolute atomic E-state index is 0.238. The Labute approximate surface area is 187 Å². The molecule has 0 bridgehead atoms. The van der Waals surface area contributed by atoms with Crippen LogP contribution in [0.25, 0.3) is 10.4 Å². The van der Waals surface area contributed by atoms with Crippen molar-refractivity contribution in [3.63, 3.8) is 0 Å². The molecule has 1 amide bonds. The quantitative estimate of drug-likeness (QED) is 0.375. The van der Waals surface area contributed by atoms with Crippen molar-refractivity contribution in [2.24, 2.45) is 0 Å². The number of benzene rings is 2. The molecule has 3 aromatic rings. The van der Waals surface area contributed by atoms with Gasteiger partial charge in [-0.3, -0.25) is 4.79 Å². The van der Waals surface area contributed by atoms with E-state index in [0.717, 1.165) is 16.1 Å². The summed E-state index contributed by atoms with van der Waals surface area (Å²) in [5.41, 5.74) is 2.22. The maximum absolute atomic E-state index is 12.4. The maximum atomic E-state index is 12.4. The molecule has 0 aliphatic rings. The van der Waals surface area contributed by atoms with E-state index >= 15 is 0 Å². The van der Waals surface area contributed by atoms with Gasteiger partial charge in [0, 0.05) is 16.8 Å². The highest BCUT2D eigenvalue weighted by Gasteiger charge is 2.20. The minimum atomic E-state index is -0.621. The van der Waals surface area contributed by atoms with Crippen LogP contribution in [0.4, 0.5) is 10.7 Å². The molecule has 2 aromatic carbocycles. The number of carbonyl (C=O) groups excluding carboxylic acids is 3. The van der Waals surface area contributed by atoms with Gasteiger partial charge in [0.15, 0.2) is 6.61 Å². The topological polar surface area (TPSA) is 93.7 Å². The van der Waals surface area contributed by atoms with E-state index < -0.39 is 24.5 Å². The van der Waals surface area contributed by atoms with E-state index in [-0.39, 0.29) is 5.56 Å². The molecule has 3 rings (SSSR count). The molecular weight excluding hydrogens is 436 g/mol. The number of esters is 2. The second-order valence-corrected chi connectivity index (χ2v) is 7.89. The predicted molar refractivity (Wildman–Crippen MR) is 124 cm³/mol. The molecule has 7 nitrogen and oxygen atoms in total. The number of thiophene rings is 1. The average Bonchev–Trinajstić information content (AvgIpc) is 3.21. The number of rotatable bonds is 8. The van der Waals surface area contributed by atoms with Gasteiger partial charge in [-0.25, -0.2) is 9.59 Å². The van der Waals surface area contributed by atoms with E-state index in [0.29, 0.717) is 10.6 Å². The Hall–Kier alpha value is -3.30. The number of ether oxygens (including phenoxy) is 2. The highest BCUT2D eigenvalue weighted by molar-refractivity contribution is 7.99. The Morgan fingerprint density at radius 2 is 1.77 bits per heavy atom. The van der Waals surface area contributed by atoms with Gasteiger partial charge in [-0.2, -0.15) is 0 Å². The van der Waals surface area contributed by atoms with Crippen LogP contribution in [-0.2, 0) is 14.3 Å². The summed E-state index contributed by atoms with van der Waals surface area (Å²) in [6.07, 6.45) is 1.87. The standard InChI is InChI=1S/C22H20N2O5S2/c1-28-22(27)17-12-18(14-7-4-3-5-8-14)31-20(17)23-19(25)13-29-21(26)15-9-6-10-16(11-15)24-30-2/h3-12,24H,13H2,1-2H3,(H,23,25). The van der Waals surface area contributed by atoms with Crippen molar-refractivity contribution in [2.45, 2.75) is 0 Å². The first-order valence-corrected chi connectivity index (χ1v) is 11.2. The van der Waals surface area contributed by atoms with Crippen molar-refractivity contribution in [1.82, 2.24) is 0 Å². The van der Waals surface area contributed by atoms with Crippen LogP contribution < -0.4 is 10.0 Å². The second kappa shape index (κ2) is 10.6. The smallest absolute Gasteiger partial charge is 0.340 e. The monoisotopic (exact) mass is 456 g/mol. The molecule has 31 heavy (non-hydrogen) atoms. The van der Waals surface area contributed by atoms with Crippen LogP contribution >= 0.6 is 23.3 Å². The Kier molecular flexibility index (Phi) is 7.69. The number of carbonyl (C=O) groups is 3. The lowest BCUT2D eigenvalue weighted by Crippen LogP contribution is -2.21. The molecule has 1 aromatic heterocycles. The fourth-order valence-electron chi connectivity index (χ4n) is 2.69. The summed E-state index contributed by atoms with van der Waals surface area (Å²) < 4.78 is 13.0. The van der Waals surface area contributed by atoms with Gasteiger partial charge in [-0.1, -0.05) is 48.3 Å². The molecule has 0 radical (unpaired) electrons. The molecule has 0 spiro atoms. The fraction of sp³-hybridized carbons (Fsp3) is 0.136. The zero-order valence-electron chi connectivity index (χ0n) is 16.8. The summed E-state index contributed by atoms with van der Waals surface area (Å²) in [4.78, 5) is 37.6. The summed E-state index contributed by atoms with van der Waals surface area (Å²) in [5, 5.41) is 2.97. The first-order valence-electron chi connectivity index (χ1n) is 9.15. The molecule has 0 atom stereocenters. The molecular formula is C22H20N2O5S2. The Balaban J connectivity index is 1.68.